The highest BCUT2D eigenvalue weighted by Gasteiger charge is 2.47. The van der Waals surface area contributed by atoms with E-state index in [4.69, 9.17) is 9.84 Å². The Kier molecular flexibility index (Phi) is 6.24. The number of nitriles is 1. The standard InChI is InChI=1S/C23H22F2N4O4/c24-23(25)13-29(21(31)12-30)8-6-20(23)33-19-4-3-15(9-16(19)11-26)18-10-17(5-7-27-18)28-22(32)14-1-2-14/h3-5,7,9-10,14,20,30H,1-2,6,8,12-13H2,(H,27,28,32). The van der Waals surface area contributed by atoms with Crippen LogP contribution in [-0.2, 0) is 9.59 Å². The third-order valence-corrected chi connectivity index (χ3v) is 5.66. The Labute approximate surface area is 188 Å². The molecule has 1 aliphatic carbocycles. The zero-order chi connectivity index (χ0) is 23.6. The third kappa shape index (κ3) is 5.09. The molecule has 2 N–H and O–H groups in total. The van der Waals surface area contributed by atoms with Gasteiger partial charge >= 0.3 is 5.92 Å². The van der Waals surface area contributed by atoms with Crippen molar-refractivity contribution in [2.45, 2.75) is 31.3 Å². The van der Waals surface area contributed by atoms with Crippen LogP contribution in [0.4, 0.5) is 14.5 Å². The Balaban J connectivity index is 1.50. The Morgan fingerprint density at radius 2 is 2.06 bits per heavy atom. The summed E-state index contributed by atoms with van der Waals surface area (Å²) in [5, 5.41) is 21.3. The number of rotatable bonds is 6. The number of hydrogen-bond donors (Lipinski definition) is 2. The van der Waals surface area contributed by atoms with Crippen molar-refractivity contribution in [2.24, 2.45) is 5.92 Å². The van der Waals surface area contributed by atoms with Gasteiger partial charge in [-0.25, -0.2) is 8.78 Å². The average molecular weight is 456 g/mol. The first kappa shape index (κ1) is 22.6. The molecule has 1 unspecified atom stereocenters. The second-order valence-electron chi connectivity index (χ2n) is 8.15. The number of anilines is 1. The summed E-state index contributed by atoms with van der Waals surface area (Å²) in [6.07, 6.45) is 1.64. The van der Waals surface area contributed by atoms with Gasteiger partial charge in [-0.3, -0.25) is 14.6 Å². The normalized spacial score (nSPS) is 19.5. The SMILES string of the molecule is N#Cc1cc(-c2cc(NC(=O)C3CC3)ccn2)ccc1OC1CCN(C(=O)CO)CC1(F)F. The minimum Gasteiger partial charge on any atom is -0.483 e. The van der Waals surface area contributed by atoms with E-state index in [9.17, 15) is 23.6 Å². The summed E-state index contributed by atoms with van der Waals surface area (Å²) in [5.41, 5.74) is 1.72. The van der Waals surface area contributed by atoms with Crippen molar-refractivity contribution >= 4 is 17.5 Å². The predicted octanol–water partition coefficient (Wildman–Crippen LogP) is 2.58. The third-order valence-electron chi connectivity index (χ3n) is 5.66. The van der Waals surface area contributed by atoms with Gasteiger partial charge in [-0.15, -0.1) is 0 Å². The lowest BCUT2D eigenvalue weighted by Gasteiger charge is -2.38. The van der Waals surface area contributed by atoms with Gasteiger partial charge in [0, 0.05) is 36.3 Å². The van der Waals surface area contributed by atoms with Crippen molar-refractivity contribution in [3.63, 3.8) is 0 Å². The van der Waals surface area contributed by atoms with Crippen LogP contribution >= 0.6 is 0 Å². The van der Waals surface area contributed by atoms with Crippen LogP contribution in [0.5, 0.6) is 5.75 Å². The molecule has 1 atom stereocenters. The molecule has 2 aliphatic rings. The lowest BCUT2D eigenvalue weighted by Crippen LogP contribution is -2.55. The Hall–Kier alpha value is -3.58. The van der Waals surface area contributed by atoms with E-state index in [2.05, 4.69) is 10.3 Å². The number of carbonyl (C=O) groups excluding carboxylic acids is 2. The molecule has 1 saturated heterocycles. The maximum absolute atomic E-state index is 14.6. The topological polar surface area (TPSA) is 116 Å². The summed E-state index contributed by atoms with van der Waals surface area (Å²) >= 11 is 0. The van der Waals surface area contributed by atoms with E-state index in [-0.39, 0.29) is 36.1 Å². The van der Waals surface area contributed by atoms with E-state index in [0.717, 1.165) is 17.7 Å². The molecule has 1 saturated carbocycles. The molecule has 2 heterocycles. The van der Waals surface area contributed by atoms with Crippen molar-refractivity contribution in [3.05, 3.63) is 42.1 Å². The first-order valence-electron chi connectivity index (χ1n) is 10.6. The quantitative estimate of drug-likeness (QED) is 0.690. The van der Waals surface area contributed by atoms with Crippen molar-refractivity contribution in [2.75, 3.05) is 25.0 Å². The number of benzene rings is 1. The van der Waals surface area contributed by atoms with E-state index >= 15 is 0 Å². The van der Waals surface area contributed by atoms with Crippen molar-refractivity contribution in [1.29, 1.82) is 5.26 Å². The van der Waals surface area contributed by atoms with Crippen LogP contribution < -0.4 is 10.1 Å². The minimum absolute atomic E-state index is 0.00560. The van der Waals surface area contributed by atoms with Crippen LogP contribution in [0.3, 0.4) is 0 Å². The molecule has 33 heavy (non-hydrogen) atoms. The van der Waals surface area contributed by atoms with Gasteiger partial charge in [0.15, 0.2) is 6.10 Å². The zero-order valence-electron chi connectivity index (χ0n) is 17.6. The van der Waals surface area contributed by atoms with Crippen LogP contribution in [0, 0.1) is 17.2 Å². The fraction of sp³-hybridized carbons (Fsp3) is 0.391. The zero-order valence-corrected chi connectivity index (χ0v) is 17.6. The van der Waals surface area contributed by atoms with E-state index in [1.807, 2.05) is 6.07 Å². The first-order chi connectivity index (χ1) is 15.8. The molecule has 1 aliphatic heterocycles. The number of hydrogen-bond acceptors (Lipinski definition) is 6. The van der Waals surface area contributed by atoms with Gasteiger partial charge in [-0.2, -0.15) is 5.26 Å². The van der Waals surface area contributed by atoms with Gasteiger partial charge in [0.1, 0.15) is 18.4 Å². The summed E-state index contributed by atoms with van der Waals surface area (Å²) in [7, 11) is 0. The molecule has 10 heteroatoms. The van der Waals surface area contributed by atoms with Crippen molar-refractivity contribution in [3.8, 4) is 23.1 Å². The molecular formula is C23H22F2N4O4. The number of alkyl halides is 2. The minimum atomic E-state index is -3.34. The summed E-state index contributed by atoms with van der Waals surface area (Å²) in [5.74, 6) is -4.09. The molecule has 172 valence electrons. The highest BCUT2D eigenvalue weighted by molar-refractivity contribution is 5.94. The van der Waals surface area contributed by atoms with E-state index in [1.54, 1.807) is 18.2 Å². The van der Waals surface area contributed by atoms with Gasteiger partial charge in [-0.1, -0.05) is 0 Å². The second kappa shape index (κ2) is 9.11. The van der Waals surface area contributed by atoms with Crippen molar-refractivity contribution < 1.29 is 28.2 Å². The van der Waals surface area contributed by atoms with Crippen LogP contribution in [0.15, 0.2) is 36.5 Å². The number of aliphatic hydroxyl groups is 1. The number of aromatic nitrogens is 1. The second-order valence-corrected chi connectivity index (χ2v) is 8.15. The average Bonchev–Trinajstić information content (AvgIpc) is 3.65. The predicted molar refractivity (Wildman–Crippen MR) is 113 cm³/mol. The lowest BCUT2D eigenvalue weighted by molar-refractivity contribution is -0.161. The molecule has 2 amide bonds. The first-order valence-corrected chi connectivity index (χ1v) is 10.6. The maximum atomic E-state index is 14.6. The number of carbonyl (C=O) groups is 2. The molecule has 0 spiro atoms. The van der Waals surface area contributed by atoms with Crippen LogP contribution in [0.2, 0.25) is 0 Å². The highest BCUT2D eigenvalue weighted by Crippen LogP contribution is 2.34. The summed E-state index contributed by atoms with van der Waals surface area (Å²) in [4.78, 5) is 28.7. The number of ether oxygens (including phenoxy) is 1. The van der Waals surface area contributed by atoms with Gasteiger partial charge in [-0.05, 0) is 43.2 Å². The van der Waals surface area contributed by atoms with Crippen molar-refractivity contribution in [1.82, 2.24) is 9.88 Å². The monoisotopic (exact) mass is 456 g/mol. The van der Waals surface area contributed by atoms with E-state index < -0.39 is 31.1 Å². The number of piperidine rings is 1. The van der Waals surface area contributed by atoms with Crippen LogP contribution in [0.25, 0.3) is 11.3 Å². The molecule has 8 nitrogen and oxygen atoms in total. The summed E-state index contributed by atoms with van der Waals surface area (Å²) in [6.45, 7) is -1.68. The highest BCUT2D eigenvalue weighted by atomic mass is 19.3. The van der Waals surface area contributed by atoms with Crippen LogP contribution in [0.1, 0.15) is 24.8 Å². The number of aliphatic hydroxyl groups excluding tert-OH is 1. The Bertz CT molecular complexity index is 1110. The van der Waals surface area contributed by atoms with E-state index in [1.165, 1.54) is 18.3 Å². The largest absolute Gasteiger partial charge is 0.483 e. The lowest BCUT2D eigenvalue weighted by atomic mass is 10.0. The molecule has 2 aromatic rings. The molecule has 1 aromatic carbocycles. The number of likely N-dealkylation sites (tertiary alicyclic amines) is 1. The molecule has 0 bridgehead atoms. The molecule has 1 aromatic heterocycles. The number of nitrogens with one attached hydrogen (secondary N) is 1. The molecule has 4 rings (SSSR count). The van der Waals surface area contributed by atoms with Crippen LogP contribution in [-0.4, -0.2) is 58.5 Å². The van der Waals surface area contributed by atoms with E-state index in [0.29, 0.717) is 16.9 Å². The molecule has 0 radical (unpaired) electrons. The maximum Gasteiger partial charge on any atom is 0.301 e. The van der Waals surface area contributed by atoms with Gasteiger partial charge in [0.2, 0.25) is 11.8 Å². The van der Waals surface area contributed by atoms with Gasteiger partial charge in [0.05, 0.1) is 17.8 Å². The molecule has 2 fully saturated rings. The number of pyridine rings is 1. The number of halogens is 2. The Morgan fingerprint density at radius 1 is 1.27 bits per heavy atom. The molecular weight excluding hydrogens is 434 g/mol. The Morgan fingerprint density at radius 3 is 2.73 bits per heavy atom. The summed E-state index contributed by atoms with van der Waals surface area (Å²) in [6, 6.07) is 9.85. The smallest absolute Gasteiger partial charge is 0.301 e. The number of nitrogens with zero attached hydrogens (tertiary/aromatic N) is 3. The summed E-state index contributed by atoms with van der Waals surface area (Å²) < 4.78 is 34.6. The van der Waals surface area contributed by atoms with Gasteiger partial charge < -0.3 is 20.1 Å². The fourth-order valence-corrected chi connectivity index (χ4v) is 3.67. The van der Waals surface area contributed by atoms with Gasteiger partial charge in [0.25, 0.3) is 0 Å². The fourth-order valence-electron chi connectivity index (χ4n) is 3.67. The number of amides is 2.